The van der Waals surface area contributed by atoms with E-state index in [9.17, 15) is 9.59 Å². The summed E-state index contributed by atoms with van der Waals surface area (Å²) in [5.74, 6) is 2.13. The summed E-state index contributed by atoms with van der Waals surface area (Å²) >= 11 is 1.56. The van der Waals surface area contributed by atoms with Crippen molar-refractivity contribution < 1.29 is 14.3 Å². The van der Waals surface area contributed by atoms with Gasteiger partial charge in [0.2, 0.25) is 11.8 Å². The molecule has 2 aromatic carbocycles. The molecule has 0 aliphatic rings. The van der Waals surface area contributed by atoms with Crippen LogP contribution in [0, 0.1) is 12.8 Å². The van der Waals surface area contributed by atoms with Gasteiger partial charge in [-0.25, -0.2) is 0 Å². The predicted octanol–water partition coefficient (Wildman–Crippen LogP) is 4.82. The monoisotopic (exact) mass is 456 g/mol. The Balaban J connectivity index is 2.09. The molecule has 32 heavy (non-hydrogen) atoms. The Bertz CT molecular complexity index is 850. The van der Waals surface area contributed by atoms with Crippen molar-refractivity contribution >= 4 is 23.6 Å². The Hall–Kier alpha value is -2.47. The largest absolute Gasteiger partial charge is 0.497 e. The maximum Gasteiger partial charge on any atom is 0.242 e. The Morgan fingerprint density at radius 2 is 1.66 bits per heavy atom. The molecule has 0 bridgehead atoms. The number of carbonyl (C=O) groups excluding carboxylic acids is 2. The van der Waals surface area contributed by atoms with Gasteiger partial charge in [0.15, 0.2) is 0 Å². The van der Waals surface area contributed by atoms with Gasteiger partial charge in [-0.1, -0.05) is 62.7 Å². The van der Waals surface area contributed by atoms with Gasteiger partial charge in [0.25, 0.3) is 0 Å². The van der Waals surface area contributed by atoms with Crippen LogP contribution in [0.15, 0.2) is 48.5 Å². The normalized spacial score (nSPS) is 11.8. The second kappa shape index (κ2) is 13.2. The molecule has 0 aliphatic carbocycles. The van der Waals surface area contributed by atoms with Gasteiger partial charge in [-0.3, -0.25) is 9.59 Å². The van der Waals surface area contributed by atoms with E-state index in [1.165, 1.54) is 5.56 Å². The fourth-order valence-corrected chi connectivity index (χ4v) is 4.16. The number of nitrogens with zero attached hydrogens (tertiary/aromatic N) is 1. The Morgan fingerprint density at radius 1 is 1.03 bits per heavy atom. The van der Waals surface area contributed by atoms with Gasteiger partial charge in [0.1, 0.15) is 11.8 Å². The van der Waals surface area contributed by atoms with Crippen LogP contribution in [-0.2, 0) is 21.9 Å². The fraction of sp³-hybridized carbons (Fsp3) is 0.462. The van der Waals surface area contributed by atoms with E-state index in [4.69, 9.17) is 4.74 Å². The second-order valence-corrected chi connectivity index (χ2v) is 9.40. The van der Waals surface area contributed by atoms with Gasteiger partial charge in [0, 0.05) is 18.8 Å². The molecule has 5 nitrogen and oxygen atoms in total. The lowest BCUT2D eigenvalue weighted by molar-refractivity contribution is -0.139. The highest BCUT2D eigenvalue weighted by Gasteiger charge is 2.28. The predicted molar refractivity (Wildman–Crippen MR) is 133 cm³/mol. The van der Waals surface area contributed by atoms with E-state index in [1.54, 1.807) is 23.8 Å². The lowest BCUT2D eigenvalue weighted by Crippen LogP contribution is -2.50. The van der Waals surface area contributed by atoms with Crippen molar-refractivity contribution in [2.45, 2.75) is 52.5 Å². The van der Waals surface area contributed by atoms with Crippen LogP contribution < -0.4 is 10.1 Å². The summed E-state index contributed by atoms with van der Waals surface area (Å²) in [7, 11) is 1.65. The van der Waals surface area contributed by atoms with Gasteiger partial charge in [-0.15, -0.1) is 11.8 Å². The number of rotatable bonds is 12. The highest BCUT2D eigenvalue weighted by Crippen LogP contribution is 2.19. The average Bonchev–Trinajstić information content (AvgIpc) is 2.79. The van der Waals surface area contributed by atoms with Gasteiger partial charge >= 0.3 is 0 Å². The molecule has 0 saturated carbocycles. The number of hydrogen-bond donors (Lipinski definition) is 1. The third kappa shape index (κ3) is 8.23. The number of amides is 2. The maximum absolute atomic E-state index is 13.3. The molecular weight excluding hydrogens is 420 g/mol. The number of thioether (sulfide) groups is 1. The summed E-state index contributed by atoms with van der Waals surface area (Å²) in [5.41, 5.74) is 3.33. The molecule has 2 aromatic rings. The minimum atomic E-state index is -0.482. The molecule has 0 fully saturated rings. The van der Waals surface area contributed by atoms with Crippen LogP contribution in [0.3, 0.4) is 0 Å². The highest BCUT2D eigenvalue weighted by atomic mass is 32.2. The van der Waals surface area contributed by atoms with E-state index in [0.717, 1.165) is 22.6 Å². The first kappa shape index (κ1) is 25.8. The number of carbonyl (C=O) groups is 2. The van der Waals surface area contributed by atoms with Gasteiger partial charge in [-0.2, -0.15) is 0 Å². The number of methoxy groups -OCH3 is 1. The van der Waals surface area contributed by atoms with Crippen molar-refractivity contribution in [3.63, 3.8) is 0 Å². The molecule has 0 aliphatic heterocycles. The quantitative estimate of drug-likeness (QED) is 0.498. The minimum absolute atomic E-state index is 0.0179. The van der Waals surface area contributed by atoms with Crippen LogP contribution in [0.25, 0.3) is 0 Å². The lowest BCUT2D eigenvalue weighted by Gasteiger charge is -2.31. The lowest BCUT2D eigenvalue weighted by atomic mass is 10.1. The van der Waals surface area contributed by atoms with Crippen molar-refractivity contribution in [2.75, 3.05) is 19.4 Å². The molecule has 0 aromatic heterocycles. The highest BCUT2D eigenvalue weighted by molar-refractivity contribution is 7.99. The van der Waals surface area contributed by atoms with Gasteiger partial charge < -0.3 is 15.0 Å². The molecule has 0 heterocycles. The SMILES string of the molecule is CC[C@H](C(=O)NCC(C)C)N(Cc1ccc(C)cc1)C(=O)CSCc1ccc(OC)cc1. The van der Waals surface area contributed by atoms with Gasteiger partial charge in [-0.05, 0) is 42.5 Å². The zero-order valence-corrected chi connectivity index (χ0v) is 20.7. The molecule has 0 unspecified atom stereocenters. The third-order valence-electron chi connectivity index (χ3n) is 5.20. The maximum atomic E-state index is 13.3. The van der Waals surface area contributed by atoms with Crippen molar-refractivity contribution in [3.05, 3.63) is 65.2 Å². The van der Waals surface area contributed by atoms with Crippen LogP contribution in [-0.4, -0.2) is 42.2 Å². The number of aryl methyl sites for hydroxylation is 1. The summed E-state index contributed by atoms with van der Waals surface area (Å²) in [6, 6.07) is 15.5. The molecule has 0 radical (unpaired) electrons. The van der Waals surface area contributed by atoms with E-state index < -0.39 is 6.04 Å². The Morgan fingerprint density at radius 3 is 2.22 bits per heavy atom. The van der Waals surface area contributed by atoms with Gasteiger partial charge in [0.05, 0.1) is 12.9 Å². The summed E-state index contributed by atoms with van der Waals surface area (Å²) in [6.45, 7) is 9.15. The van der Waals surface area contributed by atoms with E-state index in [0.29, 0.717) is 31.2 Å². The number of benzene rings is 2. The summed E-state index contributed by atoms with van der Waals surface area (Å²) < 4.78 is 5.20. The molecule has 2 amide bonds. The minimum Gasteiger partial charge on any atom is -0.497 e. The summed E-state index contributed by atoms with van der Waals surface area (Å²) in [5, 5.41) is 3.00. The topological polar surface area (TPSA) is 58.6 Å². The standard InChI is InChI=1S/C26H36N2O3S/c1-6-24(26(30)27-15-19(2)3)28(16-21-9-7-20(4)8-10-21)25(29)18-32-17-22-11-13-23(31-5)14-12-22/h7-14,19,24H,6,15-18H2,1-5H3,(H,27,30)/t24-/m1/s1. The zero-order valence-electron chi connectivity index (χ0n) is 19.9. The van der Waals surface area contributed by atoms with Crippen LogP contribution >= 0.6 is 11.8 Å². The molecule has 6 heteroatoms. The van der Waals surface area contributed by atoms with Crippen LogP contribution in [0.4, 0.5) is 0 Å². The Labute approximate surface area is 196 Å². The molecular formula is C26H36N2O3S. The average molecular weight is 457 g/mol. The Kier molecular flexibility index (Phi) is 10.6. The zero-order chi connectivity index (χ0) is 23.5. The fourth-order valence-electron chi connectivity index (χ4n) is 3.29. The third-order valence-corrected chi connectivity index (χ3v) is 6.19. The van der Waals surface area contributed by atoms with Crippen molar-refractivity contribution in [1.82, 2.24) is 10.2 Å². The first-order chi connectivity index (χ1) is 15.3. The van der Waals surface area contributed by atoms with E-state index in [2.05, 4.69) is 19.2 Å². The van der Waals surface area contributed by atoms with E-state index in [1.807, 2.05) is 62.4 Å². The summed E-state index contributed by atoms with van der Waals surface area (Å²) in [4.78, 5) is 27.9. The van der Waals surface area contributed by atoms with Crippen LogP contribution in [0.1, 0.15) is 43.9 Å². The van der Waals surface area contributed by atoms with Crippen molar-refractivity contribution in [1.29, 1.82) is 0 Å². The van der Waals surface area contributed by atoms with Crippen LogP contribution in [0.5, 0.6) is 5.75 Å². The first-order valence-corrected chi connectivity index (χ1v) is 12.3. The molecule has 1 atom stereocenters. The van der Waals surface area contributed by atoms with Crippen molar-refractivity contribution in [2.24, 2.45) is 5.92 Å². The first-order valence-electron chi connectivity index (χ1n) is 11.2. The second-order valence-electron chi connectivity index (χ2n) is 8.41. The van der Waals surface area contributed by atoms with Crippen LogP contribution in [0.2, 0.25) is 0 Å². The smallest absolute Gasteiger partial charge is 0.242 e. The number of nitrogens with one attached hydrogen (secondary N) is 1. The molecule has 1 N–H and O–H groups in total. The molecule has 0 saturated heterocycles. The van der Waals surface area contributed by atoms with E-state index in [-0.39, 0.29) is 11.8 Å². The van der Waals surface area contributed by atoms with Crippen molar-refractivity contribution in [3.8, 4) is 5.75 Å². The number of ether oxygens (including phenoxy) is 1. The summed E-state index contributed by atoms with van der Waals surface area (Å²) in [6.07, 6.45) is 0.574. The van der Waals surface area contributed by atoms with E-state index >= 15 is 0 Å². The number of hydrogen-bond acceptors (Lipinski definition) is 4. The molecule has 2 rings (SSSR count). The molecule has 0 spiro atoms. The molecule has 174 valence electrons.